The average molecular weight is 268 g/mol. The molecular weight excluding hydrogens is 256 g/mol. The molecule has 20 heavy (non-hydrogen) atoms. The van der Waals surface area contributed by atoms with Gasteiger partial charge in [-0.1, -0.05) is 42.5 Å². The fourth-order valence-corrected chi connectivity index (χ4v) is 1.69. The maximum atomic E-state index is 11.9. The van der Waals surface area contributed by atoms with Gasteiger partial charge in [-0.15, -0.1) is 0 Å². The first-order chi connectivity index (χ1) is 9.58. The molecule has 100 valence electrons. The second kappa shape index (κ2) is 5.79. The minimum Gasteiger partial charge on any atom is -0.393 e. The van der Waals surface area contributed by atoms with Gasteiger partial charge in [-0.05, 0) is 17.7 Å². The Kier molecular flexibility index (Phi) is 3.91. The second-order valence-electron chi connectivity index (χ2n) is 4.14. The van der Waals surface area contributed by atoms with Crippen molar-refractivity contribution in [3.8, 4) is 0 Å². The molecule has 0 aliphatic carbocycles. The standard InChI is InChI=1S/C15H12N2O3/c16-13-8-6-11(10-14(13)17(19)20)7-9-15(18)12-4-2-1-3-5-12/h1-10H,16H2/b9-7+. The Morgan fingerprint density at radius 3 is 2.50 bits per heavy atom. The third-order valence-electron chi connectivity index (χ3n) is 2.74. The van der Waals surface area contributed by atoms with Crippen molar-refractivity contribution < 1.29 is 9.72 Å². The summed E-state index contributed by atoms with van der Waals surface area (Å²) in [6, 6.07) is 13.2. The number of allylic oxidation sites excluding steroid dienone is 1. The lowest BCUT2D eigenvalue weighted by atomic mass is 10.1. The number of anilines is 1. The molecule has 0 fully saturated rings. The van der Waals surface area contributed by atoms with Crippen LogP contribution in [0.2, 0.25) is 0 Å². The van der Waals surface area contributed by atoms with E-state index in [0.717, 1.165) is 0 Å². The quantitative estimate of drug-likeness (QED) is 0.303. The highest BCUT2D eigenvalue weighted by atomic mass is 16.6. The number of hydrogen-bond donors (Lipinski definition) is 1. The smallest absolute Gasteiger partial charge is 0.292 e. The first-order valence-electron chi connectivity index (χ1n) is 5.89. The SMILES string of the molecule is Nc1ccc(/C=C/C(=O)c2ccccc2)cc1[N+](=O)[O-]. The van der Waals surface area contributed by atoms with Gasteiger partial charge in [0.25, 0.3) is 5.69 Å². The Morgan fingerprint density at radius 2 is 1.85 bits per heavy atom. The first-order valence-corrected chi connectivity index (χ1v) is 5.89. The molecule has 0 heterocycles. The van der Waals surface area contributed by atoms with Crippen molar-refractivity contribution in [3.63, 3.8) is 0 Å². The Bertz CT molecular complexity index is 679. The number of rotatable bonds is 4. The summed E-state index contributed by atoms with van der Waals surface area (Å²) in [6.07, 6.45) is 2.91. The summed E-state index contributed by atoms with van der Waals surface area (Å²) >= 11 is 0. The molecule has 0 bridgehead atoms. The minimum atomic E-state index is -0.550. The number of hydrogen-bond acceptors (Lipinski definition) is 4. The van der Waals surface area contributed by atoms with Gasteiger partial charge < -0.3 is 5.73 Å². The number of carbonyl (C=O) groups is 1. The van der Waals surface area contributed by atoms with Gasteiger partial charge in [-0.3, -0.25) is 14.9 Å². The topological polar surface area (TPSA) is 86.2 Å². The van der Waals surface area contributed by atoms with E-state index in [1.165, 1.54) is 24.3 Å². The van der Waals surface area contributed by atoms with Crippen LogP contribution in [0.4, 0.5) is 11.4 Å². The molecule has 0 aliphatic heterocycles. The highest BCUT2D eigenvalue weighted by molar-refractivity contribution is 6.06. The van der Waals surface area contributed by atoms with Crippen LogP contribution in [0.1, 0.15) is 15.9 Å². The van der Waals surface area contributed by atoms with Gasteiger partial charge >= 0.3 is 0 Å². The number of ketones is 1. The Labute approximate surface area is 115 Å². The highest BCUT2D eigenvalue weighted by Gasteiger charge is 2.10. The monoisotopic (exact) mass is 268 g/mol. The Balaban J connectivity index is 2.22. The van der Waals surface area contributed by atoms with Gasteiger partial charge in [0, 0.05) is 11.6 Å². The predicted octanol–water partition coefficient (Wildman–Crippen LogP) is 3.07. The van der Waals surface area contributed by atoms with E-state index < -0.39 is 4.92 Å². The fourth-order valence-electron chi connectivity index (χ4n) is 1.69. The van der Waals surface area contributed by atoms with E-state index in [1.54, 1.807) is 30.3 Å². The molecule has 0 amide bonds. The fraction of sp³-hybridized carbons (Fsp3) is 0. The third-order valence-corrected chi connectivity index (χ3v) is 2.74. The summed E-state index contributed by atoms with van der Waals surface area (Å²) in [6.45, 7) is 0. The van der Waals surface area contributed by atoms with Gasteiger partial charge in [0.1, 0.15) is 5.69 Å². The van der Waals surface area contributed by atoms with Crippen molar-refractivity contribution in [1.29, 1.82) is 0 Å². The number of nitrogens with zero attached hydrogens (tertiary/aromatic N) is 1. The molecule has 2 rings (SSSR count). The van der Waals surface area contributed by atoms with Gasteiger partial charge in [-0.2, -0.15) is 0 Å². The summed E-state index contributed by atoms with van der Waals surface area (Å²) in [5, 5.41) is 10.8. The van der Waals surface area contributed by atoms with Crippen molar-refractivity contribution in [3.05, 3.63) is 75.8 Å². The largest absolute Gasteiger partial charge is 0.393 e. The summed E-state index contributed by atoms with van der Waals surface area (Å²) in [5.41, 5.74) is 6.55. The van der Waals surface area contributed by atoms with E-state index in [2.05, 4.69) is 0 Å². The number of benzene rings is 2. The third kappa shape index (κ3) is 3.08. The lowest BCUT2D eigenvalue weighted by Gasteiger charge is -1.99. The average Bonchev–Trinajstić information content (AvgIpc) is 2.46. The molecule has 0 saturated heterocycles. The van der Waals surface area contributed by atoms with E-state index in [1.807, 2.05) is 6.07 Å². The van der Waals surface area contributed by atoms with Crippen molar-refractivity contribution in [2.45, 2.75) is 0 Å². The Morgan fingerprint density at radius 1 is 1.15 bits per heavy atom. The molecule has 0 unspecified atom stereocenters. The zero-order valence-corrected chi connectivity index (χ0v) is 10.5. The normalized spacial score (nSPS) is 10.6. The minimum absolute atomic E-state index is 0.0986. The summed E-state index contributed by atoms with van der Waals surface area (Å²) < 4.78 is 0. The molecule has 2 aromatic carbocycles. The van der Waals surface area contributed by atoms with Crippen LogP contribution >= 0.6 is 0 Å². The molecule has 5 heteroatoms. The summed E-state index contributed by atoms with van der Waals surface area (Å²) in [7, 11) is 0. The second-order valence-corrected chi connectivity index (χ2v) is 4.14. The summed E-state index contributed by atoms with van der Waals surface area (Å²) in [5.74, 6) is -0.162. The van der Waals surface area contributed by atoms with Gasteiger partial charge in [0.2, 0.25) is 0 Å². The summed E-state index contributed by atoms with van der Waals surface area (Å²) in [4.78, 5) is 22.1. The predicted molar refractivity (Wildman–Crippen MR) is 77.3 cm³/mol. The van der Waals surface area contributed by atoms with Crippen molar-refractivity contribution in [1.82, 2.24) is 0 Å². The van der Waals surface area contributed by atoms with E-state index in [9.17, 15) is 14.9 Å². The van der Waals surface area contributed by atoms with Gasteiger partial charge in [0.05, 0.1) is 4.92 Å². The molecule has 0 aliphatic rings. The van der Waals surface area contributed by atoms with E-state index in [0.29, 0.717) is 11.1 Å². The number of nitrogen functional groups attached to an aromatic ring is 1. The van der Waals surface area contributed by atoms with Crippen LogP contribution < -0.4 is 5.73 Å². The maximum Gasteiger partial charge on any atom is 0.292 e. The first kappa shape index (κ1) is 13.5. The van der Waals surface area contributed by atoms with Crippen molar-refractivity contribution in [2.24, 2.45) is 0 Å². The van der Waals surface area contributed by atoms with E-state index in [-0.39, 0.29) is 17.2 Å². The van der Waals surface area contributed by atoms with Crippen LogP contribution in [0.15, 0.2) is 54.6 Å². The molecule has 2 N–H and O–H groups in total. The molecule has 0 aromatic heterocycles. The number of carbonyl (C=O) groups excluding carboxylic acids is 1. The molecule has 5 nitrogen and oxygen atoms in total. The molecule has 2 aromatic rings. The Hall–Kier alpha value is -2.95. The van der Waals surface area contributed by atoms with E-state index >= 15 is 0 Å². The molecule has 0 radical (unpaired) electrons. The zero-order valence-electron chi connectivity index (χ0n) is 10.5. The van der Waals surface area contributed by atoms with Crippen molar-refractivity contribution in [2.75, 3.05) is 5.73 Å². The van der Waals surface area contributed by atoms with Crippen LogP contribution in [0, 0.1) is 10.1 Å². The van der Waals surface area contributed by atoms with E-state index in [4.69, 9.17) is 5.73 Å². The molecular formula is C15H12N2O3. The molecule has 0 saturated carbocycles. The number of nitro benzene ring substituents is 1. The lowest BCUT2D eigenvalue weighted by Crippen LogP contribution is -1.96. The van der Waals surface area contributed by atoms with Crippen LogP contribution in [0.5, 0.6) is 0 Å². The zero-order chi connectivity index (χ0) is 14.5. The maximum absolute atomic E-state index is 11.9. The molecule has 0 spiro atoms. The van der Waals surface area contributed by atoms with Crippen molar-refractivity contribution >= 4 is 23.2 Å². The van der Waals surface area contributed by atoms with Gasteiger partial charge in [-0.25, -0.2) is 0 Å². The lowest BCUT2D eigenvalue weighted by molar-refractivity contribution is -0.383. The van der Waals surface area contributed by atoms with Crippen LogP contribution in [-0.2, 0) is 0 Å². The number of nitrogens with two attached hydrogens (primary N) is 1. The van der Waals surface area contributed by atoms with Gasteiger partial charge in [0.15, 0.2) is 5.78 Å². The van der Waals surface area contributed by atoms with Crippen LogP contribution in [0.25, 0.3) is 6.08 Å². The van der Waals surface area contributed by atoms with Crippen LogP contribution in [-0.4, -0.2) is 10.7 Å². The van der Waals surface area contributed by atoms with Crippen LogP contribution in [0.3, 0.4) is 0 Å². The highest BCUT2D eigenvalue weighted by Crippen LogP contribution is 2.23. The number of nitro groups is 1. The molecule has 0 atom stereocenters.